The van der Waals surface area contributed by atoms with E-state index in [1.165, 1.54) is 63.7 Å². The lowest BCUT2D eigenvalue weighted by Crippen LogP contribution is -2.53. The molecule has 1 saturated carbocycles. The molecule has 9 heteroatoms. The van der Waals surface area contributed by atoms with Gasteiger partial charge in [-0.15, -0.1) is 0 Å². The van der Waals surface area contributed by atoms with Crippen LogP contribution in [0.25, 0.3) is 0 Å². The fourth-order valence-corrected chi connectivity index (χ4v) is 5.18. The predicted molar refractivity (Wildman–Crippen MR) is 123 cm³/mol. The zero-order valence-electron chi connectivity index (χ0n) is 18.4. The first kappa shape index (κ1) is 21.2. The van der Waals surface area contributed by atoms with Crippen molar-refractivity contribution >= 4 is 23.5 Å². The lowest BCUT2D eigenvalue weighted by Gasteiger charge is -2.44. The van der Waals surface area contributed by atoms with Gasteiger partial charge in [-0.1, -0.05) is 25.7 Å². The Bertz CT molecular complexity index is 927. The van der Waals surface area contributed by atoms with Crippen molar-refractivity contribution < 1.29 is 9.50 Å². The molecule has 4 N–H and O–H groups in total. The Morgan fingerprint density at radius 3 is 2.22 bits per heavy atom. The van der Waals surface area contributed by atoms with E-state index < -0.39 is 5.82 Å². The Hall–Kier alpha value is -2.68. The SMILES string of the molecule is Oc1ccc(Nc2nc(NC3CCCCCC3)nc(NC3CN4CCC3CC4)n2)cc1F. The van der Waals surface area contributed by atoms with Gasteiger partial charge in [-0.3, -0.25) is 0 Å². The van der Waals surface area contributed by atoms with E-state index in [-0.39, 0.29) is 5.75 Å². The number of rotatable bonds is 6. The number of phenols is 1. The van der Waals surface area contributed by atoms with Crippen LogP contribution in [0.1, 0.15) is 51.4 Å². The van der Waals surface area contributed by atoms with Crippen molar-refractivity contribution in [2.24, 2.45) is 5.92 Å². The number of phenolic OH excluding ortho intramolecular Hbond substituents is 1. The number of nitrogens with one attached hydrogen (secondary N) is 3. The van der Waals surface area contributed by atoms with Gasteiger partial charge in [-0.2, -0.15) is 15.0 Å². The summed E-state index contributed by atoms with van der Waals surface area (Å²) in [6.07, 6.45) is 9.61. The Kier molecular flexibility index (Phi) is 6.25. The number of aromatic nitrogens is 3. The van der Waals surface area contributed by atoms with Gasteiger partial charge in [0.05, 0.1) is 0 Å². The van der Waals surface area contributed by atoms with Crippen LogP contribution in [0.4, 0.5) is 27.9 Å². The fraction of sp³-hybridized carbons (Fsp3) is 0.609. The molecule has 32 heavy (non-hydrogen) atoms. The lowest BCUT2D eigenvalue weighted by atomic mass is 9.84. The van der Waals surface area contributed by atoms with Gasteiger partial charge in [0.15, 0.2) is 11.6 Å². The van der Waals surface area contributed by atoms with Crippen LogP contribution in [0.5, 0.6) is 5.75 Å². The molecule has 1 unspecified atom stereocenters. The first-order chi connectivity index (χ1) is 15.6. The second kappa shape index (κ2) is 9.44. The monoisotopic (exact) mass is 441 g/mol. The molecule has 8 nitrogen and oxygen atoms in total. The molecule has 2 bridgehead atoms. The Morgan fingerprint density at radius 1 is 0.875 bits per heavy atom. The topological polar surface area (TPSA) is 98.2 Å². The van der Waals surface area contributed by atoms with Crippen LogP contribution in [-0.4, -0.2) is 56.7 Å². The van der Waals surface area contributed by atoms with Gasteiger partial charge < -0.3 is 26.0 Å². The minimum atomic E-state index is -0.688. The molecule has 4 aliphatic rings. The van der Waals surface area contributed by atoms with Crippen molar-refractivity contribution in [2.45, 2.75) is 63.5 Å². The number of piperidine rings is 3. The van der Waals surface area contributed by atoms with Gasteiger partial charge >= 0.3 is 0 Å². The van der Waals surface area contributed by atoms with Crippen molar-refractivity contribution in [3.8, 4) is 5.75 Å². The number of hydrogen-bond acceptors (Lipinski definition) is 8. The molecule has 4 heterocycles. The molecule has 1 aromatic carbocycles. The van der Waals surface area contributed by atoms with Gasteiger partial charge in [0.25, 0.3) is 0 Å². The molecular weight excluding hydrogens is 409 g/mol. The van der Waals surface area contributed by atoms with E-state index in [9.17, 15) is 9.50 Å². The second-order valence-electron chi connectivity index (χ2n) is 9.32. The number of anilines is 4. The summed E-state index contributed by atoms with van der Waals surface area (Å²) in [5, 5.41) is 19.6. The summed E-state index contributed by atoms with van der Waals surface area (Å²) in [5.41, 5.74) is 0.473. The highest BCUT2D eigenvalue weighted by atomic mass is 19.1. The summed E-state index contributed by atoms with van der Waals surface area (Å²) in [4.78, 5) is 16.3. The smallest absolute Gasteiger partial charge is 0.233 e. The van der Waals surface area contributed by atoms with Gasteiger partial charge in [0.2, 0.25) is 17.8 Å². The van der Waals surface area contributed by atoms with Crippen LogP contribution < -0.4 is 16.0 Å². The highest BCUT2D eigenvalue weighted by molar-refractivity contribution is 5.57. The maximum Gasteiger partial charge on any atom is 0.233 e. The molecule has 1 aliphatic carbocycles. The van der Waals surface area contributed by atoms with E-state index in [0.29, 0.717) is 41.5 Å². The molecule has 6 rings (SSSR count). The molecular formula is C23H32FN7O. The van der Waals surface area contributed by atoms with Gasteiger partial charge in [-0.25, -0.2) is 4.39 Å². The molecule has 0 radical (unpaired) electrons. The summed E-state index contributed by atoms with van der Waals surface area (Å²) in [7, 11) is 0. The van der Waals surface area contributed by atoms with E-state index in [1.807, 2.05) is 0 Å². The number of halogens is 1. The molecule has 3 aliphatic heterocycles. The van der Waals surface area contributed by atoms with E-state index in [2.05, 4.69) is 30.8 Å². The number of fused-ring (bicyclic) bond motifs is 3. The summed E-state index contributed by atoms with van der Waals surface area (Å²) < 4.78 is 13.8. The average molecular weight is 442 g/mol. The highest BCUT2D eigenvalue weighted by Crippen LogP contribution is 2.30. The number of benzene rings is 1. The third-order valence-corrected chi connectivity index (χ3v) is 7.00. The molecule has 3 saturated heterocycles. The number of aromatic hydroxyl groups is 1. The molecule has 1 aromatic heterocycles. The Balaban J connectivity index is 1.37. The minimum Gasteiger partial charge on any atom is -0.505 e. The zero-order chi connectivity index (χ0) is 21.9. The van der Waals surface area contributed by atoms with Crippen LogP contribution in [0.2, 0.25) is 0 Å². The van der Waals surface area contributed by atoms with Crippen LogP contribution in [-0.2, 0) is 0 Å². The van der Waals surface area contributed by atoms with E-state index in [0.717, 1.165) is 19.4 Å². The summed E-state index contributed by atoms with van der Waals surface area (Å²) in [6.45, 7) is 3.36. The standard InChI is InChI=1S/C23H32FN7O/c24-18-13-17(7-8-20(18)32)26-22-28-21(25-16-5-3-1-2-4-6-16)29-23(30-22)27-19-14-31-11-9-15(19)10-12-31/h7-8,13,15-16,19,32H,1-6,9-12,14H2,(H3,25,26,27,28,29,30). The summed E-state index contributed by atoms with van der Waals surface area (Å²) >= 11 is 0. The van der Waals surface area contributed by atoms with Crippen LogP contribution in [0, 0.1) is 11.7 Å². The van der Waals surface area contributed by atoms with Crippen molar-refractivity contribution in [3.63, 3.8) is 0 Å². The largest absolute Gasteiger partial charge is 0.505 e. The average Bonchev–Trinajstić information content (AvgIpc) is 3.06. The highest BCUT2D eigenvalue weighted by Gasteiger charge is 2.34. The molecule has 2 aromatic rings. The zero-order valence-corrected chi connectivity index (χ0v) is 18.4. The van der Waals surface area contributed by atoms with Gasteiger partial charge in [-0.05, 0) is 56.8 Å². The van der Waals surface area contributed by atoms with Crippen molar-refractivity contribution in [1.29, 1.82) is 0 Å². The molecule has 1 atom stereocenters. The first-order valence-corrected chi connectivity index (χ1v) is 11.9. The van der Waals surface area contributed by atoms with Crippen LogP contribution in [0.3, 0.4) is 0 Å². The van der Waals surface area contributed by atoms with Crippen molar-refractivity contribution in [3.05, 3.63) is 24.0 Å². The van der Waals surface area contributed by atoms with Crippen LogP contribution in [0.15, 0.2) is 18.2 Å². The second-order valence-corrected chi connectivity index (χ2v) is 9.32. The Labute approximate surface area is 188 Å². The quantitative estimate of drug-likeness (QED) is 0.393. The van der Waals surface area contributed by atoms with Crippen molar-refractivity contribution in [2.75, 3.05) is 35.6 Å². The summed E-state index contributed by atoms with van der Waals surface area (Å²) in [6, 6.07) is 4.82. The first-order valence-electron chi connectivity index (χ1n) is 11.9. The van der Waals surface area contributed by atoms with E-state index >= 15 is 0 Å². The Morgan fingerprint density at radius 2 is 1.56 bits per heavy atom. The van der Waals surface area contributed by atoms with Crippen molar-refractivity contribution in [1.82, 2.24) is 19.9 Å². The number of hydrogen-bond donors (Lipinski definition) is 4. The molecule has 0 spiro atoms. The van der Waals surface area contributed by atoms with Crippen LogP contribution >= 0.6 is 0 Å². The molecule has 0 amide bonds. The number of nitrogens with zero attached hydrogens (tertiary/aromatic N) is 4. The third kappa shape index (κ3) is 5.03. The fourth-order valence-electron chi connectivity index (χ4n) is 5.18. The minimum absolute atomic E-state index is 0.324. The summed E-state index contributed by atoms with van der Waals surface area (Å²) in [5.74, 6) is 0.995. The third-order valence-electron chi connectivity index (χ3n) is 7.00. The molecule has 4 fully saturated rings. The predicted octanol–water partition coefficient (Wildman–Crippen LogP) is 4.10. The molecule has 172 valence electrons. The normalized spacial score (nSPS) is 25.8. The van der Waals surface area contributed by atoms with Gasteiger partial charge in [0, 0.05) is 30.4 Å². The maximum atomic E-state index is 13.8. The maximum absolute atomic E-state index is 13.8. The van der Waals surface area contributed by atoms with E-state index in [1.54, 1.807) is 6.07 Å². The van der Waals surface area contributed by atoms with E-state index in [4.69, 9.17) is 4.98 Å². The van der Waals surface area contributed by atoms with Gasteiger partial charge in [0.1, 0.15) is 0 Å². The lowest BCUT2D eigenvalue weighted by molar-refractivity contribution is 0.0972.